The number of fused-ring (bicyclic) bond motifs is 5. The van der Waals surface area contributed by atoms with Crippen molar-refractivity contribution in [1.82, 2.24) is 10.6 Å². The second-order valence-corrected chi connectivity index (χ2v) is 14.6. The number of carbonyl (C=O) groups excluding carboxylic acids is 2. The summed E-state index contributed by atoms with van der Waals surface area (Å²) in [5, 5.41) is 15.5. The summed E-state index contributed by atoms with van der Waals surface area (Å²) in [5.41, 5.74) is 1.35. The van der Waals surface area contributed by atoms with E-state index in [1.165, 1.54) is 38.2 Å². The van der Waals surface area contributed by atoms with Gasteiger partial charge in [-0.2, -0.15) is 0 Å². The van der Waals surface area contributed by atoms with Crippen LogP contribution < -0.4 is 10.6 Å². The Morgan fingerprint density at radius 2 is 1.80 bits per heavy atom. The third kappa shape index (κ3) is 6.37. The summed E-state index contributed by atoms with van der Waals surface area (Å²) in [4.78, 5) is 35.4. The molecule has 1 amide bonds. The molecule has 0 saturated heterocycles. The maximum absolute atomic E-state index is 12.1. The highest BCUT2D eigenvalue weighted by Gasteiger charge is 2.59. The number of allylic oxidation sites excluding steroid dienone is 1. The quantitative estimate of drug-likeness (QED) is 0.258. The average molecular weight is 561 g/mol. The summed E-state index contributed by atoms with van der Waals surface area (Å²) < 4.78 is 10.8. The van der Waals surface area contributed by atoms with E-state index >= 15 is 0 Å². The number of nitrogens with one attached hydrogen (secondary N) is 2. The molecule has 8 heteroatoms. The van der Waals surface area contributed by atoms with Crippen LogP contribution in [-0.4, -0.2) is 54.0 Å². The number of carbonyl (C=O) groups is 3. The van der Waals surface area contributed by atoms with E-state index in [1.807, 2.05) is 0 Å². The maximum atomic E-state index is 12.1. The molecular weight excluding hydrogens is 508 g/mol. The van der Waals surface area contributed by atoms with E-state index in [9.17, 15) is 19.5 Å². The standard InChI is InChI=1S/C32H52N2O6/c1-19(17-33-18-27(28(36)37)34-29(38)40-30(3,4)5)24-10-11-25-23-9-8-21-16-22(39-20(2)35)12-14-31(21,6)26(23)13-15-32(24,25)7/h8,19,22-27,33H,9-18H2,1-7H3,(H,34,38)(H,36,37)/t19-,22+,23?,24-,25+,26+,27+,31+,32-/m1/s1. The number of hydrogen-bond donors (Lipinski definition) is 3. The fourth-order valence-corrected chi connectivity index (χ4v) is 9.19. The van der Waals surface area contributed by atoms with Crippen LogP contribution in [0, 0.1) is 40.4 Å². The molecule has 40 heavy (non-hydrogen) atoms. The van der Waals surface area contributed by atoms with Crippen LogP contribution in [0.1, 0.15) is 99.8 Å². The van der Waals surface area contributed by atoms with E-state index in [2.05, 4.69) is 37.5 Å². The van der Waals surface area contributed by atoms with E-state index < -0.39 is 23.7 Å². The molecule has 0 radical (unpaired) electrons. The molecule has 1 unspecified atom stereocenters. The largest absolute Gasteiger partial charge is 0.480 e. The summed E-state index contributed by atoms with van der Waals surface area (Å²) in [6, 6.07) is -1.04. The number of amides is 1. The van der Waals surface area contributed by atoms with Crippen LogP contribution in [0.3, 0.4) is 0 Å². The number of rotatable bonds is 8. The minimum atomic E-state index is -1.07. The van der Waals surface area contributed by atoms with E-state index in [-0.39, 0.29) is 24.0 Å². The Balaban J connectivity index is 1.35. The molecule has 0 spiro atoms. The summed E-state index contributed by atoms with van der Waals surface area (Å²) in [7, 11) is 0. The van der Waals surface area contributed by atoms with Gasteiger partial charge >= 0.3 is 18.0 Å². The number of ether oxygens (including phenoxy) is 2. The van der Waals surface area contributed by atoms with Gasteiger partial charge in [0.2, 0.25) is 0 Å². The number of alkyl carbamates (subject to hydrolysis) is 1. The first-order chi connectivity index (χ1) is 18.6. The predicted octanol–water partition coefficient (Wildman–Crippen LogP) is 5.70. The van der Waals surface area contributed by atoms with Gasteiger partial charge in [0, 0.05) is 19.9 Å². The Labute approximate surface area is 240 Å². The van der Waals surface area contributed by atoms with Gasteiger partial charge in [0.1, 0.15) is 17.7 Å². The van der Waals surface area contributed by atoms with Crippen molar-refractivity contribution in [1.29, 1.82) is 0 Å². The maximum Gasteiger partial charge on any atom is 0.408 e. The number of carboxylic acids is 1. The molecule has 3 saturated carbocycles. The van der Waals surface area contributed by atoms with Gasteiger partial charge in [-0.25, -0.2) is 9.59 Å². The van der Waals surface area contributed by atoms with E-state index in [4.69, 9.17) is 9.47 Å². The molecule has 3 N–H and O–H groups in total. The molecule has 4 aliphatic rings. The van der Waals surface area contributed by atoms with Crippen molar-refractivity contribution < 1.29 is 29.0 Å². The van der Waals surface area contributed by atoms with E-state index in [0.29, 0.717) is 35.0 Å². The zero-order valence-corrected chi connectivity index (χ0v) is 25.7. The number of carboxylic acid groups (broad SMARTS) is 1. The Bertz CT molecular complexity index is 1000. The molecule has 9 atom stereocenters. The van der Waals surface area contributed by atoms with Gasteiger partial charge in [-0.1, -0.05) is 32.4 Å². The molecule has 0 aromatic heterocycles. The molecule has 0 aromatic carbocycles. The average Bonchev–Trinajstić information content (AvgIpc) is 3.19. The first-order valence-electron chi connectivity index (χ1n) is 15.4. The molecule has 3 fully saturated rings. The predicted molar refractivity (Wildman–Crippen MR) is 154 cm³/mol. The van der Waals surface area contributed by atoms with Gasteiger partial charge in [-0.3, -0.25) is 4.79 Å². The van der Waals surface area contributed by atoms with Crippen LogP contribution in [0.25, 0.3) is 0 Å². The zero-order valence-electron chi connectivity index (χ0n) is 25.7. The number of esters is 1. The van der Waals surface area contributed by atoms with E-state index in [1.54, 1.807) is 20.8 Å². The van der Waals surface area contributed by atoms with Crippen LogP contribution >= 0.6 is 0 Å². The van der Waals surface area contributed by atoms with Crippen molar-refractivity contribution in [3.63, 3.8) is 0 Å². The monoisotopic (exact) mass is 560 g/mol. The Hall–Kier alpha value is -2.09. The summed E-state index contributed by atoms with van der Waals surface area (Å²) in [5.74, 6) is 1.87. The Kier molecular flexibility index (Phi) is 8.99. The Morgan fingerprint density at radius 1 is 1.07 bits per heavy atom. The minimum absolute atomic E-state index is 0.0338. The molecule has 0 bridgehead atoms. The topological polar surface area (TPSA) is 114 Å². The highest BCUT2D eigenvalue weighted by molar-refractivity contribution is 5.80. The fraction of sp³-hybridized carbons (Fsp3) is 0.844. The third-order valence-corrected chi connectivity index (χ3v) is 11.0. The lowest BCUT2D eigenvalue weighted by molar-refractivity contribution is -0.148. The van der Waals surface area contributed by atoms with Gasteiger partial charge < -0.3 is 25.2 Å². The lowest BCUT2D eigenvalue weighted by Crippen LogP contribution is -2.52. The highest BCUT2D eigenvalue weighted by atomic mass is 16.6. The third-order valence-electron chi connectivity index (χ3n) is 11.0. The smallest absolute Gasteiger partial charge is 0.408 e. The van der Waals surface area contributed by atoms with Crippen LogP contribution in [0.4, 0.5) is 4.79 Å². The van der Waals surface area contributed by atoms with Gasteiger partial charge in [0.05, 0.1) is 0 Å². The molecule has 226 valence electrons. The Morgan fingerprint density at radius 3 is 2.45 bits per heavy atom. The van der Waals surface area contributed by atoms with Crippen molar-refractivity contribution >= 4 is 18.0 Å². The van der Waals surface area contributed by atoms with Gasteiger partial charge in [-0.05, 0) is 113 Å². The molecule has 4 rings (SSSR count). The summed E-state index contributed by atoms with van der Waals surface area (Å²) >= 11 is 0. The van der Waals surface area contributed by atoms with Gasteiger partial charge in [0.15, 0.2) is 0 Å². The highest BCUT2D eigenvalue weighted by Crippen LogP contribution is 2.67. The number of hydrogen-bond acceptors (Lipinski definition) is 6. The second kappa shape index (κ2) is 11.7. The summed E-state index contributed by atoms with van der Waals surface area (Å²) in [6.45, 7) is 15.0. The van der Waals surface area contributed by atoms with Crippen LogP contribution in [-0.2, 0) is 19.1 Å². The molecule has 0 heterocycles. The van der Waals surface area contributed by atoms with Gasteiger partial charge in [0.25, 0.3) is 0 Å². The lowest BCUT2D eigenvalue weighted by atomic mass is 9.47. The van der Waals surface area contributed by atoms with Gasteiger partial charge in [-0.15, -0.1) is 0 Å². The lowest BCUT2D eigenvalue weighted by Gasteiger charge is -2.58. The first kappa shape index (κ1) is 30.9. The van der Waals surface area contributed by atoms with Crippen molar-refractivity contribution in [2.24, 2.45) is 40.4 Å². The summed E-state index contributed by atoms with van der Waals surface area (Å²) in [6.07, 6.45) is 10.9. The number of aliphatic carboxylic acids is 1. The molecule has 8 nitrogen and oxygen atoms in total. The van der Waals surface area contributed by atoms with E-state index in [0.717, 1.165) is 32.2 Å². The van der Waals surface area contributed by atoms with Crippen LogP contribution in [0.15, 0.2) is 11.6 Å². The molecule has 0 aliphatic heterocycles. The van der Waals surface area contributed by atoms with Crippen molar-refractivity contribution in [3.05, 3.63) is 11.6 Å². The second-order valence-electron chi connectivity index (χ2n) is 14.6. The molecular formula is C32H52N2O6. The van der Waals surface area contributed by atoms with Crippen molar-refractivity contribution in [2.75, 3.05) is 13.1 Å². The normalized spacial score (nSPS) is 36.7. The SMILES string of the molecule is CC(=O)O[C@H]1CC[C@@]2(C)C(=CCC3[C@@H]4CC[C@H]([C@H](C)CNC[C@H](NC(=O)OC(C)(C)C)C(=O)O)[C@@]4(C)CC[C@@H]32)C1. The first-order valence-corrected chi connectivity index (χ1v) is 15.4. The van der Waals surface area contributed by atoms with Crippen molar-refractivity contribution in [3.8, 4) is 0 Å². The van der Waals surface area contributed by atoms with Crippen LogP contribution in [0.5, 0.6) is 0 Å². The van der Waals surface area contributed by atoms with Crippen LogP contribution in [0.2, 0.25) is 0 Å². The minimum Gasteiger partial charge on any atom is -0.480 e. The molecule has 4 aliphatic carbocycles. The molecule has 0 aromatic rings. The fourth-order valence-electron chi connectivity index (χ4n) is 9.19. The van der Waals surface area contributed by atoms with Crippen molar-refractivity contribution in [2.45, 2.75) is 118 Å². The zero-order chi connectivity index (χ0) is 29.5.